The molecule has 1 aromatic carbocycles. The molecule has 0 fully saturated rings. The van der Waals surface area contributed by atoms with E-state index in [1.165, 1.54) is 0 Å². The Labute approximate surface area is 120 Å². The molecule has 1 atom stereocenters. The van der Waals surface area contributed by atoms with Gasteiger partial charge in [-0.1, -0.05) is 24.3 Å². The molecular weight excluding hydrogens is 250 g/mol. The van der Waals surface area contributed by atoms with E-state index in [1.54, 1.807) is 19.3 Å². The Hall–Kier alpha value is -1.87. The standard InChI is InChI=1S/C17H21NO2/c1-12(2)20-15-9-14(10-18-11-15)17(4,19)16-8-6-5-7-13(16)3/h5-12,19H,1-4H3. The summed E-state index contributed by atoms with van der Waals surface area (Å²) in [5, 5.41) is 10.9. The van der Waals surface area contributed by atoms with Crippen LogP contribution in [-0.4, -0.2) is 16.2 Å². The lowest BCUT2D eigenvalue weighted by Gasteiger charge is -2.26. The van der Waals surface area contributed by atoms with Gasteiger partial charge in [0, 0.05) is 11.8 Å². The van der Waals surface area contributed by atoms with Crippen LogP contribution in [0.2, 0.25) is 0 Å². The molecule has 2 rings (SSSR count). The first-order valence-electron chi connectivity index (χ1n) is 6.82. The summed E-state index contributed by atoms with van der Waals surface area (Å²) in [5.41, 5.74) is 1.57. The van der Waals surface area contributed by atoms with Gasteiger partial charge in [-0.3, -0.25) is 4.98 Å². The summed E-state index contributed by atoms with van der Waals surface area (Å²) in [6, 6.07) is 9.67. The summed E-state index contributed by atoms with van der Waals surface area (Å²) in [6.45, 7) is 7.70. The summed E-state index contributed by atoms with van der Waals surface area (Å²) in [6.07, 6.45) is 3.42. The molecule has 0 radical (unpaired) electrons. The normalized spacial score (nSPS) is 14.1. The number of rotatable bonds is 4. The van der Waals surface area contributed by atoms with E-state index in [0.717, 1.165) is 16.7 Å². The Bertz CT molecular complexity index is 591. The van der Waals surface area contributed by atoms with E-state index in [1.807, 2.05) is 51.1 Å². The van der Waals surface area contributed by atoms with Crippen molar-refractivity contribution in [3.8, 4) is 5.75 Å². The van der Waals surface area contributed by atoms with Gasteiger partial charge in [0.2, 0.25) is 0 Å². The Balaban J connectivity index is 2.41. The van der Waals surface area contributed by atoms with Gasteiger partial charge in [-0.2, -0.15) is 0 Å². The Morgan fingerprint density at radius 1 is 1.20 bits per heavy atom. The fourth-order valence-electron chi connectivity index (χ4n) is 2.30. The van der Waals surface area contributed by atoms with Crippen LogP contribution in [0.25, 0.3) is 0 Å². The number of ether oxygens (including phenoxy) is 1. The van der Waals surface area contributed by atoms with E-state index in [4.69, 9.17) is 4.74 Å². The lowest BCUT2D eigenvalue weighted by atomic mass is 9.86. The van der Waals surface area contributed by atoms with Crippen molar-refractivity contribution in [3.05, 3.63) is 59.4 Å². The third-order valence-corrected chi connectivity index (χ3v) is 3.32. The molecule has 3 heteroatoms. The van der Waals surface area contributed by atoms with Crippen molar-refractivity contribution < 1.29 is 9.84 Å². The second-order valence-corrected chi connectivity index (χ2v) is 5.46. The quantitative estimate of drug-likeness (QED) is 0.926. The van der Waals surface area contributed by atoms with Crippen LogP contribution in [0.5, 0.6) is 5.75 Å². The highest BCUT2D eigenvalue weighted by atomic mass is 16.5. The van der Waals surface area contributed by atoms with Crippen molar-refractivity contribution in [2.75, 3.05) is 0 Å². The number of benzene rings is 1. The zero-order chi connectivity index (χ0) is 14.8. The van der Waals surface area contributed by atoms with Crippen LogP contribution in [0.4, 0.5) is 0 Å². The van der Waals surface area contributed by atoms with Crippen molar-refractivity contribution in [2.24, 2.45) is 0 Å². The number of nitrogens with zero attached hydrogens (tertiary/aromatic N) is 1. The Morgan fingerprint density at radius 3 is 2.55 bits per heavy atom. The van der Waals surface area contributed by atoms with Crippen molar-refractivity contribution in [2.45, 2.75) is 39.4 Å². The molecule has 0 aliphatic carbocycles. The maximum atomic E-state index is 10.9. The molecule has 2 aromatic rings. The summed E-state index contributed by atoms with van der Waals surface area (Å²) >= 11 is 0. The summed E-state index contributed by atoms with van der Waals surface area (Å²) in [4.78, 5) is 4.17. The first-order chi connectivity index (χ1) is 9.41. The topological polar surface area (TPSA) is 42.4 Å². The number of pyridine rings is 1. The largest absolute Gasteiger partial charge is 0.489 e. The van der Waals surface area contributed by atoms with E-state index < -0.39 is 5.60 Å². The van der Waals surface area contributed by atoms with Gasteiger partial charge in [0.1, 0.15) is 11.4 Å². The number of aryl methyl sites for hydroxylation is 1. The average Bonchev–Trinajstić information content (AvgIpc) is 2.38. The zero-order valence-electron chi connectivity index (χ0n) is 12.4. The van der Waals surface area contributed by atoms with Crippen LogP contribution in [-0.2, 0) is 5.60 Å². The van der Waals surface area contributed by atoms with Crippen molar-refractivity contribution in [1.29, 1.82) is 0 Å². The summed E-state index contributed by atoms with van der Waals surface area (Å²) in [7, 11) is 0. The zero-order valence-corrected chi connectivity index (χ0v) is 12.4. The minimum absolute atomic E-state index is 0.0791. The molecule has 0 aliphatic rings. The summed E-state index contributed by atoms with van der Waals surface area (Å²) in [5.74, 6) is 0.673. The molecule has 20 heavy (non-hydrogen) atoms. The van der Waals surface area contributed by atoms with E-state index >= 15 is 0 Å². The van der Waals surface area contributed by atoms with E-state index in [9.17, 15) is 5.11 Å². The lowest BCUT2D eigenvalue weighted by Crippen LogP contribution is -2.24. The molecule has 0 amide bonds. The molecule has 1 unspecified atom stereocenters. The predicted octanol–water partition coefficient (Wildman–Crippen LogP) is 3.43. The molecular formula is C17H21NO2. The molecule has 0 aliphatic heterocycles. The number of aliphatic hydroxyl groups is 1. The minimum atomic E-state index is -1.09. The monoisotopic (exact) mass is 271 g/mol. The first-order valence-corrected chi connectivity index (χ1v) is 6.82. The molecule has 3 nitrogen and oxygen atoms in total. The Morgan fingerprint density at radius 2 is 1.90 bits per heavy atom. The summed E-state index contributed by atoms with van der Waals surface area (Å²) < 4.78 is 5.64. The number of hydrogen-bond acceptors (Lipinski definition) is 3. The average molecular weight is 271 g/mol. The molecule has 1 aromatic heterocycles. The maximum Gasteiger partial charge on any atom is 0.138 e. The van der Waals surface area contributed by atoms with Crippen molar-refractivity contribution in [3.63, 3.8) is 0 Å². The highest BCUT2D eigenvalue weighted by Crippen LogP contribution is 2.32. The molecule has 0 spiro atoms. The highest BCUT2D eigenvalue weighted by Gasteiger charge is 2.27. The van der Waals surface area contributed by atoms with Crippen molar-refractivity contribution >= 4 is 0 Å². The molecule has 1 heterocycles. The van der Waals surface area contributed by atoms with Gasteiger partial charge in [0.05, 0.1) is 12.3 Å². The van der Waals surface area contributed by atoms with Crippen molar-refractivity contribution in [1.82, 2.24) is 4.98 Å². The van der Waals surface area contributed by atoms with Gasteiger partial charge >= 0.3 is 0 Å². The highest BCUT2D eigenvalue weighted by molar-refractivity contribution is 5.40. The molecule has 0 saturated carbocycles. The maximum absolute atomic E-state index is 10.9. The molecule has 1 N–H and O–H groups in total. The third kappa shape index (κ3) is 2.99. The fourth-order valence-corrected chi connectivity index (χ4v) is 2.30. The van der Waals surface area contributed by atoms with Crippen LogP contribution in [0.3, 0.4) is 0 Å². The lowest BCUT2D eigenvalue weighted by molar-refractivity contribution is 0.100. The molecule has 0 bridgehead atoms. The van der Waals surface area contributed by atoms with E-state index in [-0.39, 0.29) is 6.10 Å². The van der Waals surface area contributed by atoms with Crippen LogP contribution in [0.15, 0.2) is 42.7 Å². The molecule has 0 saturated heterocycles. The van der Waals surface area contributed by atoms with Gasteiger partial charge < -0.3 is 9.84 Å². The Kier molecular flexibility index (Phi) is 4.09. The minimum Gasteiger partial charge on any atom is -0.489 e. The van der Waals surface area contributed by atoms with Gasteiger partial charge in [-0.15, -0.1) is 0 Å². The number of hydrogen-bond donors (Lipinski definition) is 1. The first kappa shape index (κ1) is 14.5. The van der Waals surface area contributed by atoms with Crippen LogP contribution in [0.1, 0.15) is 37.5 Å². The van der Waals surface area contributed by atoms with Gasteiger partial charge in [-0.05, 0) is 44.9 Å². The smallest absolute Gasteiger partial charge is 0.138 e. The van der Waals surface area contributed by atoms with Gasteiger partial charge in [0.25, 0.3) is 0 Å². The fraction of sp³-hybridized carbons (Fsp3) is 0.353. The predicted molar refractivity (Wildman–Crippen MR) is 79.9 cm³/mol. The number of aromatic nitrogens is 1. The van der Waals surface area contributed by atoms with E-state index in [2.05, 4.69) is 4.98 Å². The van der Waals surface area contributed by atoms with Gasteiger partial charge in [-0.25, -0.2) is 0 Å². The third-order valence-electron chi connectivity index (χ3n) is 3.32. The van der Waals surface area contributed by atoms with Crippen LogP contribution in [0, 0.1) is 6.92 Å². The van der Waals surface area contributed by atoms with Crippen LogP contribution >= 0.6 is 0 Å². The van der Waals surface area contributed by atoms with E-state index in [0.29, 0.717) is 5.75 Å². The van der Waals surface area contributed by atoms with Gasteiger partial charge in [0.15, 0.2) is 0 Å². The second-order valence-electron chi connectivity index (χ2n) is 5.46. The SMILES string of the molecule is Cc1ccccc1C(C)(O)c1cncc(OC(C)C)c1. The van der Waals surface area contributed by atoms with Crippen LogP contribution < -0.4 is 4.74 Å². The molecule has 106 valence electrons. The second kappa shape index (κ2) is 5.63.